The van der Waals surface area contributed by atoms with E-state index in [9.17, 15) is 9.59 Å². The molecule has 1 aliphatic carbocycles. The Balaban J connectivity index is 1.43. The summed E-state index contributed by atoms with van der Waals surface area (Å²) in [4.78, 5) is 22.8. The monoisotopic (exact) mass is 338 g/mol. The second-order valence-corrected chi connectivity index (χ2v) is 6.86. The quantitative estimate of drug-likeness (QED) is 0.755. The summed E-state index contributed by atoms with van der Waals surface area (Å²) in [6.07, 6.45) is 1.08. The van der Waals surface area contributed by atoms with Crippen LogP contribution in [0.25, 0.3) is 0 Å². The Hall–Kier alpha value is -2.82. The largest absolute Gasteiger partial charge is 0.478 e. The number of hydrogen-bond acceptors (Lipinski definition) is 2. The van der Waals surface area contributed by atoms with Crippen LogP contribution in [0.2, 0.25) is 0 Å². The van der Waals surface area contributed by atoms with Gasteiger partial charge < -0.3 is 15.7 Å². The minimum Gasteiger partial charge on any atom is -0.478 e. The molecule has 5 heteroatoms. The van der Waals surface area contributed by atoms with Gasteiger partial charge in [-0.05, 0) is 41.0 Å². The van der Waals surface area contributed by atoms with Crippen LogP contribution in [0.15, 0.2) is 54.6 Å². The molecule has 0 aromatic heterocycles. The first-order valence-corrected chi connectivity index (χ1v) is 8.37. The van der Waals surface area contributed by atoms with Crippen molar-refractivity contribution >= 4 is 12.0 Å². The van der Waals surface area contributed by atoms with Crippen molar-refractivity contribution in [1.82, 2.24) is 10.6 Å². The number of carbonyl (C=O) groups excluding carboxylic acids is 1. The third-order valence-electron chi connectivity index (χ3n) is 4.86. The third kappa shape index (κ3) is 4.18. The number of carboxylic acid groups (broad SMARTS) is 1. The standard InChI is InChI=1S/C20H22N2O3/c1-20(11-17(20)15-5-3-2-4-6-15)13-22-19(25)21-12-14-7-9-16(10-8-14)18(23)24/h2-10,17H,11-13H2,1H3,(H,23,24)(H2,21,22,25)/t17-,20-/m0/s1. The first-order valence-electron chi connectivity index (χ1n) is 8.37. The zero-order valence-corrected chi connectivity index (χ0v) is 14.2. The number of rotatable bonds is 6. The van der Waals surface area contributed by atoms with E-state index in [0.29, 0.717) is 19.0 Å². The van der Waals surface area contributed by atoms with Gasteiger partial charge in [0.05, 0.1) is 5.56 Å². The molecule has 0 saturated heterocycles. The summed E-state index contributed by atoms with van der Waals surface area (Å²) >= 11 is 0. The molecule has 130 valence electrons. The van der Waals surface area contributed by atoms with Gasteiger partial charge >= 0.3 is 12.0 Å². The molecule has 2 aromatic carbocycles. The molecule has 0 heterocycles. The van der Waals surface area contributed by atoms with Gasteiger partial charge in [-0.15, -0.1) is 0 Å². The van der Waals surface area contributed by atoms with Crippen LogP contribution < -0.4 is 10.6 Å². The molecule has 0 spiro atoms. The highest BCUT2D eigenvalue weighted by molar-refractivity contribution is 5.87. The van der Waals surface area contributed by atoms with Crippen molar-refractivity contribution in [3.8, 4) is 0 Å². The second kappa shape index (κ2) is 6.97. The van der Waals surface area contributed by atoms with Gasteiger partial charge in [0.2, 0.25) is 0 Å². The Bertz CT molecular complexity index is 758. The van der Waals surface area contributed by atoms with E-state index >= 15 is 0 Å². The molecule has 25 heavy (non-hydrogen) atoms. The maximum Gasteiger partial charge on any atom is 0.335 e. The van der Waals surface area contributed by atoms with Gasteiger partial charge in [-0.1, -0.05) is 49.4 Å². The second-order valence-electron chi connectivity index (χ2n) is 6.86. The lowest BCUT2D eigenvalue weighted by molar-refractivity contribution is 0.0697. The number of hydrogen-bond donors (Lipinski definition) is 3. The topological polar surface area (TPSA) is 78.4 Å². The molecule has 2 amide bonds. The average Bonchev–Trinajstić information content (AvgIpc) is 3.31. The summed E-state index contributed by atoms with van der Waals surface area (Å²) in [6.45, 7) is 3.19. The highest BCUT2D eigenvalue weighted by Crippen LogP contribution is 2.58. The van der Waals surface area contributed by atoms with Crippen molar-refractivity contribution in [3.05, 3.63) is 71.3 Å². The predicted molar refractivity (Wildman–Crippen MR) is 95.5 cm³/mol. The minimum absolute atomic E-state index is 0.113. The van der Waals surface area contributed by atoms with Gasteiger partial charge in [-0.3, -0.25) is 0 Å². The number of carbonyl (C=O) groups is 2. The SMILES string of the molecule is C[C@@]1(CNC(=O)NCc2ccc(C(=O)O)cc2)C[C@H]1c1ccccc1. The van der Waals surface area contributed by atoms with E-state index in [0.717, 1.165) is 12.0 Å². The smallest absolute Gasteiger partial charge is 0.335 e. The maximum atomic E-state index is 12.0. The summed E-state index contributed by atoms with van der Waals surface area (Å²) in [5.41, 5.74) is 2.54. The zero-order valence-electron chi connectivity index (χ0n) is 14.2. The molecule has 2 aromatic rings. The molecule has 3 rings (SSSR count). The van der Waals surface area contributed by atoms with Crippen LogP contribution in [0.1, 0.15) is 40.7 Å². The molecular formula is C20H22N2O3. The molecule has 1 saturated carbocycles. The van der Waals surface area contributed by atoms with E-state index in [1.807, 2.05) is 18.2 Å². The number of carboxylic acids is 1. The van der Waals surface area contributed by atoms with Crippen molar-refractivity contribution in [1.29, 1.82) is 0 Å². The van der Waals surface area contributed by atoms with Crippen molar-refractivity contribution in [2.75, 3.05) is 6.54 Å². The Labute approximate surface area is 147 Å². The molecule has 3 N–H and O–H groups in total. The van der Waals surface area contributed by atoms with Crippen molar-refractivity contribution in [2.24, 2.45) is 5.41 Å². The number of urea groups is 1. The average molecular weight is 338 g/mol. The minimum atomic E-state index is -0.956. The van der Waals surface area contributed by atoms with Gasteiger partial charge in [0.25, 0.3) is 0 Å². The van der Waals surface area contributed by atoms with E-state index in [4.69, 9.17) is 5.11 Å². The third-order valence-corrected chi connectivity index (χ3v) is 4.86. The predicted octanol–water partition coefficient (Wildman–Crippen LogP) is 3.38. The van der Waals surface area contributed by atoms with Crippen LogP contribution in [0.3, 0.4) is 0 Å². The normalized spacial score (nSPS) is 21.4. The number of benzene rings is 2. The van der Waals surface area contributed by atoms with Crippen LogP contribution in [0.4, 0.5) is 4.79 Å². The number of nitrogens with one attached hydrogen (secondary N) is 2. The lowest BCUT2D eigenvalue weighted by Crippen LogP contribution is -2.38. The molecule has 0 bridgehead atoms. The summed E-state index contributed by atoms with van der Waals surface area (Å²) in [7, 11) is 0. The Morgan fingerprint density at radius 3 is 2.40 bits per heavy atom. The van der Waals surface area contributed by atoms with Crippen LogP contribution >= 0.6 is 0 Å². The maximum absolute atomic E-state index is 12.0. The van der Waals surface area contributed by atoms with Crippen LogP contribution in [-0.4, -0.2) is 23.7 Å². The Morgan fingerprint density at radius 1 is 1.08 bits per heavy atom. The molecule has 0 aliphatic heterocycles. The molecule has 2 atom stereocenters. The molecule has 0 radical (unpaired) electrons. The Morgan fingerprint density at radius 2 is 1.76 bits per heavy atom. The van der Waals surface area contributed by atoms with E-state index in [1.54, 1.807) is 12.1 Å². The summed E-state index contributed by atoms with van der Waals surface area (Å²) in [5, 5.41) is 14.6. The molecule has 5 nitrogen and oxygen atoms in total. The van der Waals surface area contributed by atoms with E-state index in [-0.39, 0.29) is 17.0 Å². The summed E-state index contributed by atoms with van der Waals surface area (Å²) < 4.78 is 0. The lowest BCUT2D eigenvalue weighted by Gasteiger charge is -2.14. The highest BCUT2D eigenvalue weighted by atomic mass is 16.4. The fraction of sp³-hybridized carbons (Fsp3) is 0.300. The molecule has 0 unspecified atom stereocenters. The van der Waals surface area contributed by atoms with Crippen molar-refractivity contribution in [3.63, 3.8) is 0 Å². The van der Waals surface area contributed by atoms with Gasteiger partial charge in [0, 0.05) is 13.1 Å². The summed E-state index contributed by atoms with van der Waals surface area (Å²) in [5.74, 6) is -0.458. The van der Waals surface area contributed by atoms with Crippen LogP contribution in [0, 0.1) is 5.41 Å². The van der Waals surface area contributed by atoms with E-state index < -0.39 is 5.97 Å². The van der Waals surface area contributed by atoms with Gasteiger partial charge in [0.1, 0.15) is 0 Å². The van der Waals surface area contributed by atoms with Crippen LogP contribution in [-0.2, 0) is 6.54 Å². The van der Waals surface area contributed by atoms with E-state index in [2.05, 4.69) is 29.7 Å². The fourth-order valence-corrected chi connectivity index (χ4v) is 3.10. The first kappa shape index (κ1) is 17.0. The lowest BCUT2D eigenvalue weighted by atomic mass is 10.0. The molecule has 1 fully saturated rings. The van der Waals surface area contributed by atoms with Gasteiger partial charge in [0.15, 0.2) is 0 Å². The number of aromatic carboxylic acids is 1. The van der Waals surface area contributed by atoms with Gasteiger partial charge in [-0.25, -0.2) is 9.59 Å². The Kier molecular flexibility index (Phi) is 4.74. The van der Waals surface area contributed by atoms with E-state index in [1.165, 1.54) is 17.7 Å². The van der Waals surface area contributed by atoms with Gasteiger partial charge in [-0.2, -0.15) is 0 Å². The van der Waals surface area contributed by atoms with Crippen LogP contribution in [0.5, 0.6) is 0 Å². The zero-order chi connectivity index (χ0) is 17.9. The first-order chi connectivity index (χ1) is 12.0. The summed E-state index contributed by atoms with van der Waals surface area (Å²) in [6, 6.07) is 16.6. The van der Waals surface area contributed by atoms with Crippen molar-refractivity contribution in [2.45, 2.75) is 25.8 Å². The fourth-order valence-electron chi connectivity index (χ4n) is 3.10. The molecule has 1 aliphatic rings. The molecular weight excluding hydrogens is 316 g/mol. The van der Waals surface area contributed by atoms with Crippen molar-refractivity contribution < 1.29 is 14.7 Å². The highest BCUT2D eigenvalue weighted by Gasteiger charge is 2.50. The number of amides is 2.